The number of carboxylic acids is 1. The van der Waals surface area contributed by atoms with Crippen LogP contribution in [-0.4, -0.2) is 27.8 Å². The fourth-order valence-electron chi connectivity index (χ4n) is 1.37. The van der Waals surface area contributed by atoms with E-state index in [-0.39, 0.29) is 5.56 Å². The average molecular weight is 271 g/mol. The molecule has 0 atom stereocenters. The molecule has 2 rings (SSSR count). The van der Waals surface area contributed by atoms with Crippen molar-refractivity contribution in [2.24, 2.45) is 0 Å². The van der Waals surface area contributed by atoms with Crippen molar-refractivity contribution in [3.63, 3.8) is 0 Å². The summed E-state index contributed by atoms with van der Waals surface area (Å²) in [4.78, 5) is 10.9. The molecule has 0 aliphatic carbocycles. The zero-order valence-corrected chi connectivity index (χ0v) is 9.35. The van der Waals surface area contributed by atoms with E-state index < -0.39 is 5.97 Å². The minimum absolute atomic E-state index is 0.124. The zero-order valence-electron chi connectivity index (χ0n) is 7.77. The van der Waals surface area contributed by atoms with Crippen LogP contribution in [0.25, 0.3) is 5.52 Å². The third kappa shape index (κ3) is 1.56. The fraction of sp³-hybridized carbons (Fsp3) is 0.111. The molecular formula is C9H7BrN2O3. The van der Waals surface area contributed by atoms with Gasteiger partial charge in [-0.05, 0) is 22.0 Å². The van der Waals surface area contributed by atoms with Gasteiger partial charge in [0.15, 0.2) is 0 Å². The highest BCUT2D eigenvalue weighted by Crippen LogP contribution is 2.26. The number of fused-ring (bicyclic) bond motifs is 1. The van der Waals surface area contributed by atoms with Gasteiger partial charge in [0.05, 0.1) is 13.3 Å². The zero-order chi connectivity index (χ0) is 11.0. The number of pyridine rings is 1. The van der Waals surface area contributed by atoms with Gasteiger partial charge in [-0.3, -0.25) is 0 Å². The third-order valence-corrected chi connectivity index (χ3v) is 2.43. The van der Waals surface area contributed by atoms with Gasteiger partial charge in [0.25, 0.3) is 0 Å². The number of carboxylic acid groups (broad SMARTS) is 1. The van der Waals surface area contributed by atoms with Crippen molar-refractivity contribution in [3.8, 4) is 5.75 Å². The summed E-state index contributed by atoms with van der Waals surface area (Å²) in [6.07, 6.45) is 2.97. The van der Waals surface area contributed by atoms with E-state index in [0.717, 1.165) is 4.47 Å². The van der Waals surface area contributed by atoms with Gasteiger partial charge in [0.1, 0.15) is 16.8 Å². The Kier molecular flexibility index (Phi) is 2.36. The highest BCUT2D eigenvalue weighted by atomic mass is 79.9. The Morgan fingerprint density at radius 1 is 1.67 bits per heavy atom. The summed E-state index contributed by atoms with van der Waals surface area (Å²) in [6.45, 7) is 0. The van der Waals surface area contributed by atoms with Crippen LogP contribution in [0.2, 0.25) is 0 Å². The second kappa shape index (κ2) is 3.54. The predicted molar refractivity (Wildman–Crippen MR) is 56.4 cm³/mol. The second-order valence-corrected chi connectivity index (χ2v) is 3.80. The summed E-state index contributed by atoms with van der Waals surface area (Å²) in [5, 5.41) is 12.9. The monoisotopic (exact) mass is 270 g/mol. The van der Waals surface area contributed by atoms with Crippen LogP contribution in [0.1, 0.15) is 10.4 Å². The maximum atomic E-state index is 10.9. The van der Waals surface area contributed by atoms with Gasteiger partial charge >= 0.3 is 5.97 Å². The molecule has 2 aromatic rings. The lowest BCUT2D eigenvalue weighted by atomic mass is 10.2. The quantitative estimate of drug-likeness (QED) is 0.904. The van der Waals surface area contributed by atoms with Gasteiger partial charge in [-0.25, -0.2) is 9.31 Å². The van der Waals surface area contributed by atoms with Crippen LogP contribution >= 0.6 is 15.9 Å². The molecule has 0 saturated carbocycles. The SMILES string of the molecule is COc1cc(Br)cn2ncc(C(=O)O)c12. The Labute approximate surface area is 93.4 Å². The number of nitrogens with zero attached hydrogens (tertiary/aromatic N) is 2. The molecule has 0 aliphatic heterocycles. The normalized spacial score (nSPS) is 10.5. The van der Waals surface area contributed by atoms with Gasteiger partial charge in [-0.15, -0.1) is 0 Å². The van der Waals surface area contributed by atoms with Crippen LogP contribution < -0.4 is 4.74 Å². The molecule has 0 saturated heterocycles. The van der Waals surface area contributed by atoms with Gasteiger partial charge < -0.3 is 9.84 Å². The Hall–Kier alpha value is -1.56. The first-order valence-corrected chi connectivity index (χ1v) is 4.87. The first-order chi connectivity index (χ1) is 7.13. The number of hydrogen-bond acceptors (Lipinski definition) is 3. The van der Waals surface area contributed by atoms with E-state index in [1.165, 1.54) is 17.8 Å². The average Bonchev–Trinajstić information content (AvgIpc) is 2.59. The van der Waals surface area contributed by atoms with Crippen molar-refractivity contribution in [1.29, 1.82) is 0 Å². The Bertz CT molecular complexity index is 535. The number of hydrogen-bond donors (Lipinski definition) is 1. The standard InChI is InChI=1S/C9H7BrN2O3/c1-15-7-2-5(10)4-12-8(7)6(3-11-12)9(13)14/h2-4H,1H3,(H,13,14). The molecule has 5 nitrogen and oxygen atoms in total. The van der Waals surface area contributed by atoms with Gasteiger partial charge in [0, 0.05) is 10.7 Å². The van der Waals surface area contributed by atoms with E-state index in [4.69, 9.17) is 9.84 Å². The highest BCUT2D eigenvalue weighted by molar-refractivity contribution is 9.10. The van der Waals surface area contributed by atoms with Crippen molar-refractivity contribution < 1.29 is 14.6 Å². The lowest BCUT2D eigenvalue weighted by molar-refractivity contribution is 0.0699. The van der Waals surface area contributed by atoms with Crippen LogP contribution in [0, 0.1) is 0 Å². The molecule has 0 radical (unpaired) electrons. The number of methoxy groups -OCH3 is 1. The van der Waals surface area contributed by atoms with Gasteiger partial charge in [-0.1, -0.05) is 0 Å². The first kappa shape index (κ1) is 9.97. The maximum Gasteiger partial charge on any atom is 0.339 e. The van der Waals surface area contributed by atoms with E-state index >= 15 is 0 Å². The molecule has 1 N–H and O–H groups in total. The lowest BCUT2D eigenvalue weighted by Gasteiger charge is -2.04. The molecule has 15 heavy (non-hydrogen) atoms. The number of halogens is 1. The van der Waals surface area contributed by atoms with Crippen LogP contribution in [0.15, 0.2) is 22.9 Å². The summed E-state index contributed by atoms with van der Waals surface area (Å²) in [5.74, 6) is -0.551. The molecule has 0 bridgehead atoms. The minimum atomic E-state index is -1.02. The number of aromatic nitrogens is 2. The smallest absolute Gasteiger partial charge is 0.339 e. The van der Waals surface area contributed by atoms with E-state index in [1.807, 2.05) is 0 Å². The van der Waals surface area contributed by atoms with Crippen LogP contribution in [0.3, 0.4) is 0 Å². The topological polar surface area (TPSA) is 63.8 Å². The Morgan fingerprint density at radius 2 is 2.40 bits per heavy atom. The summed E-state index contributed by atoms with van der Waals surface area (Å²) in [7, 11) is 1.49. The van der Waals surface area contributed by atoms with Crippen LogP contribution in [0.5, 0.6) is 5.75 Å². The summed E-state index contributed by atoms with van der Waals surface area (Å²) < 4.78 is 7.34. The Morgan fingerprint density at radius 3 is 3.00 bits per heavy atom. The molecule has 6 heteroatoms. The largest absolute Gasteiger partial charge is 0.494 e. The first-order valence-electron chi connectivity index (χ1n) is 4.07. The Balaban J connectivity index is 2.83. The molecule has 2 aromatic heterocycles. The molecule has 2 heterocycles. The molecule has 0 unspecified atom stereocenters. The molecule has 0 aliphatic rings. The van der Waals surface area contributed by atoms with Crippen LogP contribution in [0.4, 0.5) is 0 Å². The number of aromatic carboxylic acids is 1. The highest BCUT2D eigenvalue weighted by Gasteiger charge is 2.15. The van der Waals surface area contributed by atoms with E-state index in [1.54, 1.807) is 12.3 Å². The third-order valence-electron chi connectivity index (χ3n) is 1.99. The molecule has 0 fully saturated rings. The molecular weight excluding hydrogens is 264 g/mol. The van der Waals surface area contributed by atoms with Crippen molar-refractivity contribution in [3.05, 3.63) is 28.5 Å². The second-order valence-electron chi connectivity index (χ2n) is 2.88. The summed E-state index contributed by atoms with van der Waals surface area (Å²) >= 11 is 3.28. The van der Waals surface area contributed by atoms with Gasteiger partial charge in [-0.2, -0.15) is 5.10 Å². The van der Waals surface area contributed by atoms with Crippen molar-refractivity contribution in [2.45, 2.75) is 0 Å². The van der Waals surface area contributed by atoms with E-state index in [2.05, 4.69) is 21.0 Å². The fourth-order valence-corrected chi connectivity index (χ4v) is 1.77. The molecule has 0 aromatic carbocycles. The van der Waals surface area contributed by atoms with Gasteiger partial charge in [0.2, 0.25) is 0 Å². The van der Waals surface area contributed by atoms with Crippen molar-refractivity contribution in [1.82, 2.24) is 9.61 Å². The van der Waals surface area contributed by atoms with E-state index in [0.29, 0.717) is 11.3 Å². The maximum absolute atomic E-state index is 10.9. The minimum Gasteiger partial charge on any atom is -0.494 e. The summed E-state index contributed by atoms with van der Waals surface area (Å²) in [5.41, 5.74) is 0.576. The summed E-state index contributed by atoms with van der Waals surface area (Å²) in [6, 6.07) is 1.70. The van der Waals surface area contributed by atoms with E-state index in [9.17, 15) is 4.79 Å². The number of carbonyl (C=O) groups is 1. The number of ether oxygens (including phenoxy) is 1. The lowest BCUT2D eigenvalue weighted by Crippen LogP contribution is -1.98. The molecule has 0 spiro atoms. The van der Waals surface area contributed by atoms with Crippen molar-refractivity contribution >= 4 is 27.4 Å². The predicted octanol–water partition coefficient (Wildman–Crippen LogP) is 1.80. The number of rotatable bonds is 2. The van der Waals surface area contributed by atoms with Crippen LogP contribution in [-0.2, 0) is 0 Å². The molecule has 0 amide bonds. The molecule has 78 valence electrons. The van der Waals surface area contributed by atoms with Crippen molar-refractivity contribution in [2.75, 3.05) is 7.11 Å².